The molecule has 2 rings (SSSR count). The lowest BCUT2D eigenvalue weighted by Gasteiger charge is -2.33. The minimum absolute atomic E-state index is 0.193. The summed E-state index contributed by atoms with van der Waals surface area (Å²) in [5, 5.41) is 3.49. The van der Waals surface area contributed by atoms with Crippen LogP contribution in [0.25, 0.3) is 0 Å². The van der Waals surface area contributed by atoms with Gasteiger partial charge in [0.05, 0.1) is 0 Å². The van der Waals surface area contributed by atoms with Crippen LogP contribution in [0.5, 0.6) is 0 Å². The number of nitrogens with two attached hydrogens (primary N) is 1. The van der Waals surface area contributed by atoms with Gasteiger partial charge in [0.1, 0.15) is 0 Å². The van der Waals surface area contributed by atoms with Crippen molar-refractivity contribution in [2.75, 3.05) is 30.7 Å². The fraction of sp³-hybridized carbons (Fsp3) is 0.625. The lowest BCUT2D eigenvalue weighted by atomic mass is 10.0. The standard InChI is InChI=1S/C16H24F3N3/c1-12-11-14(3-4-15(12)20)21-13-5-9-22(10-6-13)8-2-7-16(17,18)19/h3-4,11,13,21H,2,5-10,20H2,1H3. The van der Waals surface area contributed by atoms with E-state index in [1.54, 1.807) is 0 Å². The van der Waals surface area contributed by atoms with Gasteiger partial charge in [-0.1, -0.05) is 0 Å². The molecule has 0 amide bonds. The number of piperidine rings is 1. The molecule has 0 unspecified atom stereocenters. The Kier molecular flexibility index (Phi) is 5.56. The third-order valence-electron chi connectivity index (χ3n) is 4.16. The number of rotatable bonds is 5. The van der Waals surface area contributed by atoms with Gasteiger partial charge in [0.15, 0.2) is 0 Å². The van der Waals surface area contributed by atoms with Crippen molar-refractivity contribution in [1.29, 1.82) is 0 Å². The first-order valence-corrected chi connectivity index (χ1v) is 7.75. The number of anilines is 2. The van der Waals surface area contributed by atoms with Gasteiger partial charge in [-0.2, -0.15) is 13.2 Å². The number of nitrogens with one attached hydrogen (secondary N) is 1. The van der Waals surface area contributed by atoms with E-state index in [0.717, 1.165) is 42.9 Å². The molecular weight excluding hydrogens is 291 g/mol. The van der Waals surface area contributed by atoms with E-state index < -0.39 is 12.6 Å². The van der Waals surface area contributed by atoms with Crippen molar-refractivity contribution in [3.8, 4) is 0 Å². The SMILES string of the molecule is Cc1cc(NC2CCN(CCCC(F)(F)F)CC2)ccc1N. The van der Waals surface area contributed by atoms with Crippen LogP contribution >= 0.6 is 0 Å². The van der Waals surface area contributed by atoms with Crippen molar-refractivity contribution in [2.24, 2.45) is 0 Å². The predicted octanol–water partition coefficient (Wildman–Crippen LogP) is 3.80. The van der Waals surface area contributed by atoms with Crippen molar-refractivity contribution in [1.82, 2.24) is 4.90 Å². The summed E-state index contributed by atoms with van der Waals surface area (Å²) in [6.45, 7) is 4.21. The van der Waals surface area contributed by atoms with Gasteiger partial charge >= 0.3 is 6.18 Å². The summed E-state index contributed by atoms with van der Waals surface area (Å²) >= 11 is 0. The van der Waals surface area contributed by atoms with E-state index in [1.165, 1.54) is 0 Å². The molecule has 0 aliphatic carbocycles. The van der Waals surface area contributed by atoms with Crippen LogP contribution in [0.4, 0.5) is 24.5 Å². The van der Waals surface area contributed by atoms with Crippen LogP contribution in [0.1, 0.15) is 31.2 Å². The fourth-order valence-electron chi connectivity index (χ4n) is 2.81. The van der Waals surface area contributed by atoms with E-state index in [0.29, 0.717) is 12.6 Å². The van der Waals surface area contributed by atoms with Gasteiger partial charge in [0.25, 0.3) is 0 Å². The molecule has 0 spiro atoms. The highest BCUT2D eigenvalue weighted by atomic mass is 19.4. The molecular formula is C16H24F3N3. The molecule has 0 atom stereocenters. The van der Waals surface area contributed by atoms with Gasteiger partial charge in [-0.05, 0) is 56.5 Å². The van der Waals surface area contributed by atoms with Crippen LogP contribution in [0, 0.1) is 6.92 Å². The Morgan fingerprint density at radius 1 is 1.27 bits per heavy atom. The number of aryl methyl sites for hydroxylation is 1. The van der Waals surface area contributed by atoms with Gasteiger partial charge in [-0.15, -0.1) is 0 Å². The predicted molar refractivity (Wildman–Crippen MR) is 84.0 cm³/mol. The Labute approximate surface area is 129 Å². The molecule has 1 heterocycles. The number of alkyl halides is 3. The van der Waals surface area contributed by atoms with Gasteiger partial charge in [0.2, 0.25) is 0 Å². The van der Waals surface area contributed by atoms with E-state index in [4.69, 9.17) is 5.73 Å². The highest BCUT2D eigenvalue weighted by molar-refractivity contribution is 5.57. The Hall–Kier alpha value is -1.43. The number of nitrogens with zero attached hydrogens (tertiary/aromatic N) is 1. The zero-order chi connectivity index (χ0) is 16.2. The van der Waals surface area contributed by atoms with E-state index in [2.05, 4.69) is 10.2 Å². The fourth-order valence-corrected chi connectivity index (χ4v) is 2.81. The molecule has 124 valence electrons. The molecule has 0 aromatic heterocycles. The van der Waals surface area contributed by atoms with E-state index in [1.807, 2.05) is 25.1 Å². The largest absolute Gasteiger partial charge is 0.399 e. The van der Waals surface area contributed by atoms with Gasteiger partial charge in [-0.25, -0.2) is 0 Å². The Bertz CT molecular complexity index is 480. The second kappa shape index (κ2) is 7.22. The average molecular weight is 315 g/mol. The molecule has 1 saturated heterocycles. The van der Waals surface area contributed by atoms with E-state index in [9.17, 15) is 13.2 Å². The molecule has 3 N–H and O–H groups in total. The van der Waals surface area contributed by atoms with Gasteiger partial charge in [-0.3, -0.25) is 0 Å². The number of halogens is 3. The molecule has 3 nitrogen and oxygen atoms in total. The maximum Gasteiger partial charge on any atom is 0.389 e. The number of likely N-dealkylation sites (tertiary alicyclic amines) is 1. The van der Waals surface area contributed by atoms with Crippen molar-refractivity contribution in [2.45, 2.75) is 44.8 Å². The lowest BCUT2D eigenvalue weighted by Crippen LogP contribution is -2.39. The molecule has 0 radical (unpaired) electrons. The maximum absolute atomic E-state index is 12.1. The minimum Gasteiger partial charge on any atom is -0.399 e. The third-order valence-corrected chi connectivity index (χ3v) is 4.16. The van der Waals surface area contributed by atoms with Crippen molar-refractivity contribution < 1.29 is 13.2 Å². The average Bonchev–Trinajstić information content (AvgIpc) is 2.43. The van der Waals surface area contributed by atoms with Crippen LogP contribution in [-0.2, 0) is 0 Å². The summed E-state index contributed by atoms with van der Waals surface area (Å²) in [4.78, 5) is 2.12. The quantitative estimate of drug-likeness (QED) is 0.812. The summed E-state index contributed by atoms with van der Waals surface area (Å²) in [5.41, 5.74) is 8.69. The number of hydrogen-bond donors (Lipinski definition) is 2. The monoisotopic (exact) mass is 315 g/mol. The second-order valence-electron chi connectivity index (χ2n) is 6.05. The molecule has 1 aliphatic heterocycles. The molecule has 0 saturated carbocycles. The molecule has 1 fully saturated rings. The van der Waals surface area contributed by atoms with Crippen LogP contribution < -0.4 is 11.1 Å². The minimum atomic E-state index is -4.03. The summed E-state index contributed by atoms with van der Waals surface area (Å²) in [5.74, 6) is 0. The Balaban J connectivity index is 1.71. The first-order chi connectivity index (χ1) is 10.3. The number of hydrogen-bond acceptors (Lipinski definition) is 3. The molecule has 22 heavy (non-hydrogen) atoms. The number of benzene rings is 1. The molecule has 0 bridgehead atoms. The smallest absolute Gasteiger partial charge is 0.389 e. The molecule has 6 heteroatoms. The summed E-state index contributed by atoms with van der Waals surface area (Å²) in [7, 11) is 0. The van der Waals surface area contributed by atoms with E-state index in [-0.39, 0.29) is 6.42 Å². The summed E-state index contributed by atoms with van der Waals surface area (Å²) in [6, 6.07) is 6.27. The molecule has 1 aliphatic rings. The van der Waals surface area contributed by atoms with Crippen molar-refractivity contribution in [3.05, 3.63) is 23.8 Å². The summed E-state index contributed by atoms with van der Waals surface area (Å²) in [6.07, 6.45) is -2.62. The molecule has 1 aromatic rings. The highest BCUT2D eigenvalue weighted by Crippen LogP contribution is 2.23. The summed E-state index contributed by atoms with van der Waals surface area (Å²) < 4.78 is 36.4. The lowest BCUT2D eigenvalue weighted by molar-refractivity contribution is -0.136. The van der Waals surface area contributed by atoms with Crippen molar-refractivity contribution >= 4 is 11.4 Å². The van der Waals surface area contributed by atoms with Crippen LogP contribution in [0.2, 0.25) is 0 Å². The third kappa shape index (κ3) is 5.40. The van der Waals surface area contributed by atoms with Crippen molar-refractivity contribution in [3.63, 3.8) is 0 Å². The normalized spacial score (nSPS) is 17.6. The second-order valence-corrected chi connectivity index (χ2v) is 6.05. The van der Waals surface area contributed by atoms with E-state index >= 15 is 0 Å². The van der Waals surface area contributed by atoms with Crippen LogP contribution in [0.3, 0.4) is 0 Å². The van der Waals surface area contributed by atoms with Crippen LogP contribution in [-0.4, -0.2) is 36.8 Å². The van der Waals surface area contributed by atoms with Gasteiger partial charge < -0.3 is 16.0 Å². The Morgan fingerprint density at radius 2 is 1.95 bits per heavy atom. The Morgan fingerprint density at radius 3 is 2.55 bits per heavy atom. The number of nitrogen functional groups attached to an aromatic ring is 1. The topological polar surface area (TPSA) is 41.3 Å². The maximum atomic E-state index is 12.1. The zero-order valence-electron chi connectivity index (χ0n) is 12.9. The highest BCUT2D eigenvalue weighted by Gasteiger charge is 2.27. The van der Waals surface area contributed by atoms with Crippen LogP contribution in [0.15, 0.2) is 18.2 Å². The van der Waals surface area contributed by atoms with Gasteiger partial charge in [0, 0.05) is 36.9 Å². The first kappa shape index (κ1) is 16.9. The first-order valence-electron chi connectivity index (χ1n) is 7.75. The molecule has 1 aromatic carbocycles. The zero-order valence-corrected chi connectivity index (χ0v) is 12.9.